The number of nitrogens with zero attached hydrogens (tertiary/aromatic N) is 1. The van der Waals surface area contributed by atoms with E-state index >= 15 is 0 Å². The van der Waals surface area contributed by atoms with Crippen molar-refractivity contribution in [1.82, 2.24) is 4.90 Å². The molecule has 24 heavy (non-hydrogen) atoms. The monoisotopic (exact) mass is 331 g/mol. The lowest BCUT2D eigenvalue weighted by molar-refractivity contribution is -0.148. The minimum Gasteiger partial charge on any atom is -0.481 e. The van der Waals surface area contributed by atoms with Crippen molar-refractivity contribution in [2.75, 3.05) is 13.1 Å². The average molecular weight is 331 g/mol. The first-order chi connectivity index (χ1) is 11.3. The molecule has 3 aliphatic heterocycles. The highest BCUT2D eigenvalue weighted by molar-refractivity contribution is 5.90. The maximum absolute atomic E-state index is 13.0. The summed E-state index contributed by atoms with van der Waals surface area (Å²) in [6, 6.07) is 0. The first-order valence-corrected chi connectivity index (χ1v) is 8.88. The number of rotatable bonds is 3. The quantitative estimate of drug-likeness (QED) is 0.804. The molecule has 4 rings (SSSR count). The highest BCUT2D eigenvalue weighted by Gasteiger charge is 2.67. The van der Waals surface area contributed by atoms with E-state index in [1.165, 1.54) is 5.57 Å². The van der Waals surface area contributed by atoms with Gasteiger partial charge in [0.1, 0.15) is 11.5 Å². The Hall–Kier alpha value is -1.62. The molecule has 4 aliphatic rings. The van der Waals surface area contributed by atoms with Gasteiger partial charge in [-0.3, -0.25) is 9.59 Å². The van der Waals surface area contributed by atoms with Crippen molar-refractivity contribution in [2.45, 2.75) is 38.9 Å². The number of hydrogen-bond donors (Lipinski definition) is 1. The topological polar surface area (TPSA) is 66.8 Å². The first kappa shape index (κ1) is 15.9. The maximum Gasteiger partial charge on any atom is 0.310 e. The summed E-state index contributed by atoms with van der Waals surface area (Å²) in [6.07, 6.45) is 6.69. The van der Waals surface area contributed by atoms with E-state index in [2.05, 4.69) is 26.8 Å². The van der Waals surface area contributed by atoms with Crippen LogP contribution in [0, 0.1) is 29.6 Å². The van der Waals surface area contributed by atoms with Crippen LogP contribution < -0.4 is 0 Å². The third kappa shape index (κ3) is 2.10. The van der Waals surface area contributed by atoms with Crippen LogP contribution in [0.3, 0.4) is 0 Å². The molecule has 1 N–H and O–H groups in total. The molecule has 0 saturated carbocycles. The third-order valence-electron chi connectivity index (χ3n) is 6.49. The Morgan fingerprint density at radius 2 is 2.21 bits per heavy atom. The van der Waals surface area contributed by atoms with E-state index in [-0.39, 0.29) is 5.91 Å². The van der Waals surface area contributed by atoms with Crippen molar-refractivity contribution in [3.63, 3.8) is 0 Å². The van der Waals surface area contributed by atoms with Crippen LogP contribution in [0.5, 0.6) is 0 Å². The Kier molecular flexibility index (Phi) is 3.43. The van der Waals surface area contributed by atoms with Gasteiger partial charge >= 0.3 is 5.97 Å². The van der Waals surface area contributed by atoms with E-state index in [1.807, 2.05) is 17.1 Å². The van der Waals surface area contributed by atoms with E-state index in [4.69, 9.17) is 4.74 Å². The summed E-state index contributed by atoms with van der Waals surface area (Å²) in [5, 5.41) is 9.53. The van der Waals surface area contributed by atoms with Crippen LogP contribution in [-0.2, 0) is 14.3 Å². The van der Waals surface area contributed by atoms with Crippen molar-refractivity contribution in [2.24, 2.45) is 29.6 Å². The van der Waals surface area contributed by atoms with Crippen LogP contribution in [0.15, 0.2) is 23.8 Å². The number of likely N-dealkylation sites (tertiary alicyclic amines) is 1. The summed E-state index contributed by atoms with van der Waals surface area (Å²) < 4.78 is 5.95. The predicted molar refractivity (Wildman–Crippen MR) is 88.1 cm³/mol. The number of carbonyl (C=O) groups is 2. The van der Waals surface area contributed by atoms with Crippen molar-refractivity contribution in [3.05, 3.63) is 23.8 Å². The fraction of sp³-hybridized carbons (Fsp3) is 0.684. The number of carboxylic acid groups (broad SMARTS) is 1. The molecule has 3 heterocycles. The number of aliphatic carboxylic acids is 1. The Balaban J connectivity index is 1.56. The fourth-order valence-corrected chi connectivity index (χ4v) is 5.43. The minimum absolute atomic E-state index is 0.0417. The van der Waals surface area contributed by atoms with Gasteiger partial charge in [0.15, 0.2) is 0 Å². The molecule has 1 aliphatic carbocycles. The molecule has 1 spiro atoms. The molecule has 5 nitrogen and oxygen atoms in total. The fourth-order valence-electron chi connectivity index (χ4n) is 5.43. The molecule has 130 valence electrons. The summed E-state index contributed by atoms with van der Waals surface area (Å²) in [7, 11) is 0. The number of ether oxygens (including phenoxy) is 1. The molecule has 7 atom stereocenters. The SMILES string of the molecule is CC1=C[C@H](C)[C@H](CN2C[C@@]34C=C[C@H](O3)[C@H](C(=O)O)[C@@H]4C2=O)[C@@H](C)C1. The molecule has 2 bridgehead atoms. The van der Waals surface area contributed by atoms with Gasteiger partial charge in [0, 0.05) is 6.54 Å². The standard InChI is InChI=1S/C19H25NO4/c1-10-6-11(2)13(12(3)7-10)8-20-9-19-5-4-14(24-19)15(18(22)23)16(19)17(20)21/h4-6,11-16H,7-9H2,1-3H3,(H,22,23)/t11-,12-,13-,14-,15-,16+,19+/m0/s1. The number of carbonyl (C=O) groups excluding carboxylic acids is 1. The van der Waals surface area contributed by atoms with Crippen LogP contribution in [0.2, 0.25) is 0 Å². The molecule has 0 unspecified atom stereocenters. The summed E-state index contributed by atoms with van der Waals surface area (Å²) in [5.41, 5.74) is 0.711. The molecule has 2 fully saturated rings. The highest BCUT2D eigenvalue weighted by atomic mass is 16.5. The second-order valence-corrected chi connectivity index (χ2v) is 8.17. The lowest BCUT2D eigenvalue weighted by atomic mass is 9.75. The molecule has 5 heteroatoms. The maximum atomic E-state index is 13.0. The van der Waals surface area contributed by atoms with Gasteiger partial charge in [0.05, 0.1) is 18.6 Å². The minimum atomic E-state index is -0.926. The van der Waals surface area contributed by atoms with Crippen LogP contribution >= 0.6 is 0 Å². The van der Waals surface area contributed by atoms with Gasteiger partial charge in [-0.25, -0.2) is 0 Å². The highest BCUT2D eigenvalue weighted by Crippen LogP contribution is 2.52. The second kappa shape index (κ2) is 5.19. The molecule has 0 radical (unpaired) electrons. The van der Waals surface area contributed by atoms with E-state index in [0.29, 0.717) is 30.8 Å². The van der Waals surface area contributed by atoms with Gasteiger partial charge in [-0.1, -0.05) is 37.6 Å². The van der Waals surface area contributed by atoms with Gasteiger partial charge in [0.25, 0.3) is 0 Å². The largest absolute Gasteiger partial charge is 0.481 e. The Morgan fingerprint density at radius 1 is 1.46 bits per heavy atom. The van der Waals surface area contributed by atoms with Crippen molar-refractivity contribution >= 4 is 11.9 Å². The van der Waals surface area contributed by atoms with Crippen molar-refractivity contribution < 1.29 is 19.4 Å². The molecule has 0 aromatic heterocycles. The lowest BCUT2D eigenvalue weighted by Crippen LogP contribution is -2.41. The normalized spacial score (nSPS) is 46.4. The van der Waals surface area contributed by atoms with E-state index in [0.717, 1.165) is 6.42 Å². The number of allylic oxidation sites excluding steroid dienone is 2. The van der Waals surface area contributed by atoms with Gasteiger partial charge < -0.3 is 14.7 Å². The van der Waals surface area contributed by atoms with Gasteiger partial charge in [-0.05, 0) is 31.1 Å². The zero-order valence-corrected chi connectivity index (χ0v) is 14.4. The summed E-state index contributed by atoms with van der Waals surface area (Å²) in [6.45, 7) is 7.82. The van der Waals surface area contributed by atoms with Crippen molar-refractivity contribution in [3.8, 4) is 0 Å². The zero-order valence-electron chi connectivity index (χ0n) is 14.4. The van der Waals surface area contributed by atoms with Crippen LogP contribution in [0.25, 0.3) is 0 Å². The third-order valence-corrected chi connectivity index (χ3v) is 6.49. The predicted octanol–water partition coefficient (Wildman–Crippen LogP) is 2.09. The Labute approximate surface area is 142 Å². The van der Waals surface area contributed by atoms with Gasteiger partial charge in [0.2, 0.25) is 5.91 Å². The van der Waals surface area contributed by atoms with Crippen LogP contribution in [0.1, 0.15) is 27.2 Å². The Bertz CT molecular complexity index is 654. The van der Waals surface area contributed by atoms with E-state index in [9.17, 15) is 14.7 Å². The molecule has 0 aromatic rings. The van der Waals surface area contributed by atoms with Crippen LogP contribution in [0.4, 0.5) is 0 Å². The van der Waals surface area contributed by atoms with Gasteiger partial charge in [-0.2, -0.15) is 0 Å². The smallest absolute Gasteiger partial charge is 0.310 e. The zero-order chi connectivity index (χ0) is 17.2. The second-order valence-electron chi connectivity index (χ2n) is 8.17. The average Bonchev–Trinajstić information content (AvgIpc) is 3.11. The van der Waals surface area contributed by atoms with Crippen LogP contribution in [-0.4, -0.2) is 46.7 Å². The summed E-state index contributed by atoms with van der Waals surface area (Å²) in [5.74, 6) is -0.893. The number of amides is 1. The molecule has 0 aromatic carbocycles. The van der Waals surface area contributed by atoms with E-state index in [1.54, 1.807) is 0 Å². The molecular weight excluding hydrogens is 306 g/mol. The molecule has 2 saturated heterocycles. The first-order valence-electron chi connectivity index (χ1n) is 8.88. The van der Waals surface area contributed by atoms with E-state index < -0.39 is 29.5 Å². The van der Waals surface area contributed by atoms with Crippen molar-refractivity contribution in [1.29, 1.82) is 0 Å². The molecule has 1 amide bonds. The number of carboxylic acids is 1. The Morgan fingerprint density at radius 3 is 2.88 bits per heavy atom. The summed E-state index contributed by atoms with van der Waals surface area (Å²) >= 11 is 0. The lowest BCUT2D eigenvalue weighted by Gasteiger charge is -2.36. The van der Waals surface area contributed by atoms with Gasteiger partial charge in [-0.15, -0.1) is 0 Å². The number of hydrogen-bond acceptors (Lipinski definition) is 3. The number of fused-ring (bicyclic) bond motifs is 1. The summed E-state index contributed by atoms with van der Waals surface area (Å²) in [4.78, 5) is 26.5. The molecular formula is C19H25NO4.